The second-order valence-electron chi connectivity index (χ2n) is 5.14. The number of phenolic OH excluding ortho intramolecular Hbond substituents is 1. The van der Waals surface area contributed by atoms with Gasteiger partial charge in [-0.25, -0.2) is 4.98 Å². The highest BCUT2D eigenvalue weighted by Gasteiger charge is 2.21. The first kappa shape index (κ1) is 14.8. The molecule has 1 saturated heterocycles. The molecule has 0 aliphatic carbocycles. The van der Waals surface area contributed by atoms with Gasteiger partial charge in [0.25, 0.3) is 5.82 Å². The van der Waals surface area contributed by atoms with E-state index in [4.69, 9.17) is 0 Å². The number of benzene rings is 1. The minimum Gasteiger partial charge on any atom is -0.507 e. The monoisotopic (exact) mass is 361 g/mol. The molecule has 114 valence electrons. The third-order valence-corrected chi connectivity index (χ3v) is 4.13. The maximum Gasteiger partial charge on any atom is 0.274 e. The van der Waals surface area contributed by atoms with Gasteiger partial charge in [0.2, 0.25) is 0 Å². The van der Waals surface area contributed by atoms with Gasteiger partial charge in [-0.2, -0.15) is 5.10 Å². The number of nitrogens with one attached hydrogen (secondary N) is 1. The summed E-state index contributed by atoms with van der Waals surface area (Å²) in [5.41, 5.74) is 0.716. The number of aromatic hydroxyl groups is 1. The SMILES string of the molecule is Oc1ccc(Br)cc1/C=N/N1CCN(c2cccc[nH+]2)CC1. The molecule has 2 aromatic rings. The summed E-state index contributed by atoms with van der Waals surface area (Å²) in [6.07, 6.45) is 3.65. The maximum absolute atomic E-state index is 9.81. The van der Waals surface area contributed by atoms with Crippen molar-refractivity contribution in [1.82, 2.24) is 5.01 Å². The lowest BCUT2D eigenvalue weighted by molar-refractivity contribution is -0.364. The Kier molecular flexibility index (Phi) is 4.58. The van der Waals surface area contributed by atoms with Crippen LogP contribution in [0.15, 0.2) is 52.2 Å². The summed E-state index contributed by atoms with van der Waals surface area (Å²) in [5.74, 6) is 1.38. The van der Waals surface area contributed by atoms with Crippen molar-refractivity contribution >= 4 is 28.0 Å². The van der Waals surface area contributed by atoms with Crippen LogP contribution in [0.2, 0.25) is 0 Å². The Morgan fingerprint density at radius 3 is 2.68 bits per heavy atom. The van der Waals surface area contributed by atoms with Gasteiger partial charge in [-0.15, -0.1) is 0 Å². The van der Waals surface area contributed by atoms with Crippen molar-refractivity contribution < 1.29 is 10.1 Å². The number of nitrogens with zero attached hydrogens (tertiary/aromatic N) is 3. The number of anilines is 1. The molecule has 1 aliphatic rings. The van der Waals surface area contributed by atoms with Crippen LogP contribution in [-0.4, -0.2) is 42.5 Å². The average molecular weight is 362 g/mol. The fraction of sp³-hybridized carbons (Fsp3) is 0.250. The van der Waals surface area contributed by atoms with Crippen LogP contribution in [0.4, 0.5) is 5.82 Å². The van der Waals surface area contributed by atoms with E-state index in [1.54, 1.807) is 12.3 Å². The summed E-state index contributed by atoms with van der Waals surface area (Å²) >= 11 is 3.40. The first-order chi connectivity index (χ1) is 10.7. The van der Waals surface area contributed by atoms with Crippen LogP contribution in [-0.2, 0) is 0 Å². The third kappa shape index (κ3) is 3.57. The predicted molar refractivity (Wildman–Crippen MR) is 90.2 cm³/mol. The van der Waals surface area contributed by atoms with E-state index >= 15 is 0 Å². The number of pyridine rings is 1. The average Bonchev–Trinajstić information content (AvgIpc) is 2.57. The Balaban J connectivity index is 1.60. The van der Waals surface area contributed by atoms with Crippen LogP contribution in [0.5, 0.6) is 5.75 Å². The Labute approximate surface area is 138 Å². The molecule has 2 heterocycles. The van der Waals surface area contributed by atoms with E-state index in [0.717, 1.165) is 36.5 Å². The Morgan fingerprint density at radius 2 is 1.95 bits per heavy atom. The van der Waals surface area contributed by atoms with Crippen molar-refractivity contribution in [3.05, 3.63) is 52.6 Å². The van der Waals surface area contributed by atoms with Crippen molar-refractivity contribution in [2.75, 3.05) is 31.1 Å². The van der Waals surface area contributed by atoms with Crippen molar-refractivity contribution in [2.45, 2.75) is 0 Å². The molecule has 0 amide bonds. The number of piperazine rings is 1. The molecule has 0 spiro atoms. The summed E-state index contributed by atoms with van der Waals surface area (Å²) in [7, 11) is 0. The van der Waals surface area contributed by atoms with Crippen molar-refractivity contribution in [3.63, 3.8) is 0 Å². The second kappa shape index (κ2) is 6.79. The molecule has 0 unspecified atom stereocenters. The maximum atomic E-state index is 9.81. The fourth-order valence-corrected chi connectivity index (χ4v) is 2.78. The van der Waals surface area contributed by atoms with Gasteiger partial charge in [-0.1, -0.05) is 22.0 Å². The van der Waals surface area contributed by atoms with Crippen LogP contribution in [0.25, 0.3) is 0 Å². The summed E-state index contributed by atoms with van der Waals surface area (Å²) in [5, 5.41) is 16.3. The van der Waals surface area contributed by atoms with Gasteiger partial charge >= 0.3 is 0 Å². The molecule has 1 aliphatic heterocycles. The number of hydrogen-bond donors (Lipinski definition) is 1. The standard InChI is InChI=1S/C16H17BrN4O/c17-14-4-5-15(22)13(11-14)12-19-21-9-7-20(8-10-21)16-3-1-2-6-18-16/h1-6,11-12,22H,7-10H2/p+1/b19-12+. The van der Waals surface area contributed by atoms with Gasteiger partial charge in [-0.3, -0.25) is 9.91 Å². The van der Waals surface area contributed by atoms with Crippen LogP contribution in [0.3, 0.4) is 0 Å². The highest BCUT2D eigenvalue weighted by molar-refractivity contribution is 9.10. The highest BCUT2D eigenvalue weighted by atomic mass is 79.9. The molecule has 1 fully saturated rings. The van der Waals surface area contributed by atoms with Crippen LogP contribution < -0.4 is 9.88 Å². The molecule has 0 saturated carbocycles. The van der Waals surface area contributed by atoms with Crippen molar-refractivity contribution in [3.8, 4) is 5.75 Å². The molecule has 1 aromatic heterocycles. The number of hydrogen-bond acceptors (Lipinski definition) is 4. The van der Waals surface area contributed by atoms with Crippen molar-refractivity contribution in [1.29, 1.82) is 0 Å². The summed E-state index contributed by atoms with van der Waals surface area (Å²) in [4.78, 5) is 5.56. The summed E-state index contributed by atoms with van der Waals surface area (Å²) in [6, 6.07) is 11.4. The Hall–Kier alpha value is -2.08. The number of phenols is 1. The van der Waals surface area contributed by atoms with E-state index < -0.39 is 0 Å². The van der Waals surface area contributed by atoms with Crippen LogP contribution in [0, 0.1) is 0 Å². The highest BCUT2D eigenvalue weighted by Crippen LogP contribution is 2.20. The zero-order valence-electron chi connectivity index (χ0n) is 12.1. The summed E-state index contributed by atoms with van der Waals surface area (Å²) in [6.45, 7) is 3.55. The van der Waals surface area contributed by atoms with Gasteiger partial charge in [0.15, 0.2) is 0 Å². The smallest absolute Gasteiger partial charge is 0.274 e. The minimum atomic E-state index is 0.240. The van der Waals surface area contributed by atoms with E-state index in [9.17, 15) is 5.11 Å². The minimum absolute atomic E-state index is 0.240. The van der Waals surface area contributed by atoms with Gasteiger partial charge in [-0.05, 0) is 24.3 Å². The van der Waals surface area contributed by atoms with E-state index in [1.165, 1.54) is 0 Å². The molecular weight excluding hydrogens is 344 g/mol. The second-order valence-corrected chi connectivity index (χ2v) is 6.05. The molecular formula is C16H18BrN4O+. The van der Waals surface area contributed by atoms with E-state index in [1.807, 2.05) is 35.5 Å². The molecule has 5 nitrogen and oxygen atoms in total. The fourth-order valence-electron chi connectivity index (χ4n) is 2.41. The number of aromatic nitrogens is 1. The number of hydrazone groups is 1. The van der Waals surface area contributed by atoms with Crippen LogP contribution >= 0.6 is 15.9 Å². The third-order valence-electron chi connectivity index (χ3n) is 3.64. The molecule has 0 radical (unpaired) electrons. The molecule has 3 rings (SSSR count). The first-order valence-corrected chi connectivity index (χ1v) is 8.01. The van der Waals surface area contributed by atoms with Gasteiger partial charge in [0.05, 0.1) is 25.5 Å². The van der Waals surface area contributed by atoms with E-state index in [-0.39, 0.29) is 5.75 Å². The Bertz CT molecular complexity index is 654. The number of H-pyrrole nitrogens is 1. The molecule has 6 heteroatoms. The van der Waals surface area contributed by atoms with Gasteiger partial charge < -0.3 is 5.11 Å². The van der Waals surface area contributed by atoms with Gasteiger partial charge in [0.1, 0.15) is 18.8 Å². The van der Waals surface area contributed by atoms with E-state index in [0.29, 0.717) is 5.56 Å². The quantitative estimate of drug-likeness (QED) is 0.852. The molecule has 22 heavy (non-hydrogen) atoms. The largest absolute Gasteiger partial charge is 0.507 e. The lowest BCUT2D eigenvalue weighted by Crippen LogP contribution is -2.45. The lowest BCUT2D eigenvalue weighted by atomic mass is 10.2. The van der Waals surface area contributed by atoms with Gasteiger partial charge in [0, 0.05) is 16.1 Å². The zero-order chi connectivity index (χ0) is 15.4. The summed E-state index contributed by atoms with van der Waals surface area (Å²) < 4.78 is 0.927. The normalized spacial score (nSPS) is 15.5. The number of halogens is 1. The molecule has 1 aromatic carbocycles. The first-order valence-electron chi connectivity index (χ1n) is 7.21. The molecule has 0 atom stereocenters. The topological polar surface area (TPSA) is 53.2 Å². The molecule has 2 N–H and O–H groups in total. The number of aromatic amines is 1. The predicted octanol–water partition coefficient (Wildman–Crippen LogP) is 2.12. The lowest BCUT2D eigenvalue weighted by Gasteiger charge is -2.28. The van der Waals surface area contributed by atoms with E-state index in [2.05, 4.69) is 37.0 Å². The van der Waals surface area contributed by atoms with Crippen molar-refractivity contribution in [2.24, 2.45) is 5.10 Å². The molecule has 0 bridgehead atoms. The van der Waals surface area contributed by atoms with Crippen LogP contribution in [0.1, 0.15) is 5.56 Å². The number of rotatable bonds is 3. The Morgan fingerprint density at radius 1 is 1.14 bits per heavy atom. The zero-order valence-corrected chi connectivity index (χ0v) is 13.7.